The molecule has 5 nitrogen and oxygen atoms in total. The Hall–Kier alpha value is -2.18. The molecule has 1 N–H and O–H groups in total. The largest absolute Gasteiger partial charge is 0.494 e. The van der Waals surface area contributed by atoms with Crippen LogP contribution in [-0.4, -0.2) is 35.2 Å². The lowest BCUT2D eigenvalue weighted by atomic mass is 10.1. The van der Waals surface area contributed by atoms with Crippen LogP contribution in [-0.2, 0) is 32.5 Å². The quantitative estimate of drug-likeness (QED) is 0.733. The normalized spacial score (nSPS) is 15.8. The molecule has 1 saturated heterocycles. The number of nitrogens with one attached hydrogen (secondary N) is 1. The van der Waals surface area contributed by atoms with E-state index >= 15 is 0 Å². The number of amides is 1. The molecule has 0 aliphatic carbocycles. The van der Waals surface area contributed by atoms with Crippen molar-refractivity contribution in [3.05, 3.63) is 59.7 Å². The fourth-order valence-corrected chi connectivity index (χ4v) is 4.68. The molecule has 1 fully saturated rings. The van der Waals surface area contributed by atoms with Crippen molar-refractivity contribution in [1.82, 2.24) is 0 Å². The predicted octanol–water partition coefficient (Wildman–Crippen LogP) is 3.69. The van der Waals surface area contributed by atoms with Crippen LogP contribution in [0.1, 0.15) is 30.9 Å². The maximum Gasteiger partial charge on any atom is 0.228 e. The Labute approximate surface area is 168 Å². The van der Waals surface area contributed by atoms with Gasteiger partial charge in [-0.05, 0) is 55.2 Å². The van der Waals surface area contributed by atoms with Gasteiger partial charge in [0.2, 0.25) is 5.91 Å². The first-order valence-electron chi connectivity index (χ1n) is 9.69. The van der Waals surface area contributed by atoms with Crippen molar-refractivity contribution in [3.63, 3.8) is 0 Å². The topological polar surface area (TPSA) is 64.6 Å². The van der Waals surface area contributed by atoms with Crippen molar-refractivity contribution >= 4 is 22.4 Å². The number of carbonyl (C=O) groups excluding carboxylic acids is 1. The van der Waals surface area contributed by atoms with E-state index in [1.165, 1.54) is 0 Å². The second kappa shape index (κ2) is 10.4. The summed E-state index contributed by atoms with van der Waals surface area (Å²) in [5.74, 6) is 1.23. The van der Waals surface area contributed by atoms with Gasteiger partial charge in [0.05, 0.1) is 13.0 Å². The molecule has 1 unspecified atom stereocenters. The Bertz CT molecular complexity index is 800. The van der Waals surface area contributed by atoms with Crippen molar-refractivity contribution in [2.75, 3.05) is 25.1 Å². The van der Waals surface area contributed by atoms with E-state index in [9.17, 15) is 9.00 Å². The molecule has 0 radical (unpaired) electrons. The molecule has 0 bridgehead atoms. The molecule has 6 heteroatoms. The average Bonchev–Trinajstić information content (AvgIpc) is 2.70. The molecule has 2 aromatic rings. The monoisotopic (exact) mass is 401 g/mol. The summed E-state index contributed by atoms with van der Waals surface area (Å²) in [6.07, 6.45) is 2.00. The van der Waals surface area contributed by atoms with Crippen LogP contribution in [0, 0.1) is 0 Å². The lowest BCUT2D eigenvalue weighted by molar-refractivity contribution is -0.115. The lowest BCUT2D eigenvalue weighted by Gasteiger charge is -2.21. The smallest absolute Gasteiger partial charge is 0.228 e. The van der Waals surface area contributed by atoms with Crippen molar-refractivity contribution in [2.24, 2.45) is 0 Å². The Morgan fingerprint density at radius 1 is 1.14 bits per heavy atom. The number of anilines is 1. The van der Waals surface area contributed by atoms with Crippen LogP contribution < -0.4 is 10.1 Å². The standard InChI is InChI=1S/C22H27NO4S/c1-2-27-20-8-6-17(7-9-20)15-22(24)23-19-5-3-4-18(14-19)16-28(25)21-10-12-26-13-11-21/h3-9,14,21H,2,10-13,15-16H2,1H3,(H,23,24). The first-order valence-corrected chi connectivity index (χ1v) is 11.1. The zero-order valence-corrected chi connectivity index (χ0v) is 17.0. The summed E-state index contributed by atoms with van der Waals surface area (Å²) >= 11 is 0. The number of benzene rings is 2. The van der Waals surface area contributed by atoms with E-state index < -0.39 is 10.8 Å². The van der Waals surface area contributed by atoms with Crippen LogP contribution in [0.3, 0.4) is 0 Å². The van der Waals surface area contributed by atoms with E-state index in [0.29, 0.717) is 32.0 Å². The van der Waals surface area contributed by atoms with Gasteiger partial charge in [-0.3, -0.25) is 9.00 Å². The molecule has 3 rings (SSSR count). The number of hydrogen-bond donors (Lipinski definition) is 1. The van der Waals surface area contributed by atoms with Crippen molar-refractivity contribution in [2.45, 2.75) is 37.2 Å². The van der Waals surface area contributed by atoms with Crippen molar-refractivity contribution in [3.8, 4) is 5.75 Å². The van der Waals surface area contributed by atoms with E-state index in [1.807, 2.05) is 55.5 Å². The van der Waals surface area contributed by atoms with Crippen molar-refractivity contribution in [1.29, 1.82) is 0 Å². The number of rotatable bonds is 8. The van der Waals surface area contributed by atoms with Crippen LogP contribution in [0.4, 0.5) is 5.69 Å². The molecule has 1 heterocycles. The molecule has 1 atom stereocenters. The maximum atomic E-state index is 12.6. The fourth-order valence-electron chi connectivity index (χ4n) is 3.22. The SMILES string of the molecule is CCOc1ccc(CC(=O)Nc2cccc(CS(=O)C3CCOCC3)c2)cc1. The third-order valence-electron chi connectivity index (χ3n) is 4.66. The number of hydrogen-bond acceptors (Lipinski definition) is 4. The van der Waals surface area contributed by atoms with Crippen LogP contribution in [0.15, 0.2) is 48.5 Å². The third-order valence-corrected chi connectivity index (χ3v) is 6.49. The molecule has 1 amide bonds. The molecular weight excluding hydrogens is 374 g/mol. The number of ether oxygens (including phenoxy) is 2. The second-order valence-electron chi connectivity index (χ2n) is 6.84. The van der Waals surface area contributed by atoms with Gasteiger partial charge in [0.25, 0.3) is 0 Å². The number of carbonyl (C=O) groups is 1. The van der Waals surface area contributed by atoms with E-state index in [-0.39, 0.29) is 11.2 Å². The minimum absolute atomic E-state index is 0.0770. The highest BCUT2D eigenvalue weighted by Crippen LogP contribution is 2.19. The highest BCUT2D eigenvalue weighted by molar-refractivity contribution is 7.84. The van der Waals surface area contributed by atoms with Gasteiger partial charge in [0, 0.05) is 40.7 Å². The van der Waals surface area contributed by atoms with E-state index in [4.69, 9.17) is 9.47 Å². The zero-order chi connectivity index (χ0) is 19.8. The summed E-state index contributed by atoms with van der Waals surface area (Å²) in [6.45, 7) is 3.94. The van der Waals surface area contributed by atoms with E-state index in [0.717, 1.165) is 35.4 Å². The highest BCUT2D eigenvalue weighted by atomic mass is 32.2. The first-order chi connectivity index (χ1) is 13.6. The van der Waals surface area contributed by atoms with Crippen molar-refractivity contribution < 1.29 is 18.5 Å². The maximum absolute atomic E-state index is 12.6. The van der Waals surface area contributed by atoms with Gasteiger partial charge in [0.1, 0.15) is 5.75 Å². The van der Waals surface area contributed by atoms with E-state index in [2.05, 4.69) is 5.32 Å². The van der Waals surface area contributed by atoms with Gasteiger partial charge in [-0.15, -0.1) is 0 Å². The van der Waals surface area contributed by atoms with Gasteiger partial charge >= 0.3 is 0 Å². The molecule has 150 valence electrons. The molecule has 0 spiro atoms. The van der Waals surface area contributed by atoms with Crippen LogP contribution in [0.5, 0.6) is 5.75 Å². The Balaban J connectivity index is 1.54. The predicted molar refractivity (Wildman–Crippen MR) is 112 cm³/mol. The summed E-state index contributed by atoms with van der Waals surface area (Å²) in [5.41, 5.74) is 2.64. The fraction of sp³-hybridized carbons (Fsp3) is 0.409. The second-order valence-corrected chi connectivity index (χ2v) is 8.56. The van der Waals surface area contributed by atoms with Crippen LogP contribution in [0.2, 0.25) is 0 Å². The minimum Gasteiger partial charge on any atom is -0.494 e. The summed E-state index contributed by atoms with van der Waals surface area (Å²) in [4.78, 5) is 12.4. The molecule has 0 aromatic heterocycles. The molecular formula is C22H27NO4S. The van der Waals surface area contributed by atoms with Gasteiger partial charge < -0.3 is 14.8 Å². The Morgan fingerprint density at radius 3 is 2.61 bits per heavy atom. The summed E-state index contributed by atoms with van der Waals surface area (Å²) < 4.78 is 23.3. The Morgan fingerprint density at radius 2 is 1.89 bits per heavy atom. The van der Waals surface area contributed by atoms with Gasteiger partial charge in [-0.1, -0.05) is 24.3 Å². The van der Waals surface area contributed by atoms with Crippen LogP contribution in [0.25, 0.3) is 0 Å². The molecule has 1 aliphatic rings. The van der Waals surface area contributed by atoms with Gasteiger partial charge in [-0.25, -0.2) is 0 Å². The van der Waals surface area contributed by atoms with Gasteiger partial charge in [-0.2, -0.15) is 0 Å². The highest BCUT2D eigenvalue weighted by Gasteiger charge is 2.20. The first kappa shape index (κ1) is 20.6. The summed E-state index contributed by atoms with van der Waals surface area (Å²) in [5, 5.41) is 3.13. The Kier molecular flexibility index (Phi) is 7.62. The lowest BCUT2D eigenvalue weighted by Crippen LogP contribution is -2.25. The summed E-state index contributed by atoms with van der Waals surface area (Å²) in [7, 11) is -0.919. The summed E-state index contributed by atoms with van der Waals surface area (Å²) in [6, 6.07) is 15.2. The average molecular weight is 402 g/mol. The molecule has 0 saturated carbocycles. The van der Waals surface area contributed by atoms with Crippen LogP contribution >= 0.6 is 0 Å². The zero-order valence-electron chi connectivity index (χ0n) is 16.2. The van der Waals surface area contributed by atoms with E-state index in [1.54, 1.807) is 0 Å². The molecule has 2 aromatic carbocycles. The molecule has 1 aliphatic heterocycles. The molecule has 28 heavy (non-hydrogen) atoms. The van der Waals surface area contributed by atoms with Gasteiger partial charge in [0.15, 0.2) is 0 Å². The third kappa shape index (κ3) is 6.17. The minimum atomic E-state index is -0.919.